The van der Waals surface area contributed by atoms with E-state index in [4.69, 9.17) is 0 Å². The first kappa shape index (κ1) is 16.1. The van der Waals surface area contributed by atoms with Crippen molar-refractivity contribution in [3.05, 3.63) is 48.7 Å². The summed E-state index contributed by atoms with van der Waals surface area (Å²) in [5.41, 5.74) is 2.54. The Morgan fingerprint density at radius 1 is 1.41 bits per heavy atom. The Bertz CT molecular complexity index is 627. The molecular weight excluding hydrogens is 272 g/mol. The second-order valence-corrected chi connectivity index (χ2v) is 5.44. The number of unbranched alkanes of at least 4 members (excludes halogenated alkanes) is 1. The van der Waals surface area contributed by atoms with Crippen molar-refractivity contribution in [2.24, 2.45) is 4.99 Å². The lowest BCUT2D eigenvalue weighted by Crippen LogP contribution is -2.40. The fraction of sp³-hybridized carbons (Fsp3) is 0.389. The van der Waals surface area contributed by atoms with Gasteiger partial charge in [0, 0.05) is 44.3 Å². The second-order valence-electron chi connectivity index (χ2n) is 5.44. The van der Waals surface area contributed by atoms with Crippen LogP contribution >= 0.6 is 0 Å². The monoisotopic (exact) mass is 298 g/mol. The van der Waals surface area contributed by atoms with Gasteiger partial charge in [0.15, 0.2) is 5.96 Å². The van der Waals surface area contributed by atoms with Crippen molar-refractivity contribution in [3.8, 4) is 0 Å². The van der Waals surface area contributed by atoms with Crippen molar-refractivity contribution in [2.45, 2.75) is 19.3 Å². The molecule has 4 nitrogen and oxygen atoms in total. The van der Waals surface area contributed by atoms with Gasteiger partial charge in [-0.25, -0.2) is 0 Å². The highest BCUT2D eigenvalue weighted by molar-refractivity contribution is 5.83. The molecule has 1 aromatic carbocycles. The molecule has 22 heavy (non-hydrogen) atoms. The van der Waals surface area contributed by atoms with E-state index in [0.29, 0.717) is 0 Å². The molecule has 118 valence electrons. The zero-order valence-electron chi connectivity index (χ0n) is 13.6. The van der Waals surface area contributed by atoms with Gasteiger partial charge in [0.2, 0.25) is 0 Å². The summed E-state index contributed by atoms with van der Waals surface area (Å²) in [6, 6.07) is 8.41. The van der Waals surface area contributed by atoms with Crippen LogP contribution in [0, 0.1) is 0 Å². The zero-order valence-corrected chi connectivity index (χ0v) is 13.6. The highest BCUT2D eigenvalue weighted by Gasteiger charge is 2.06. The van der Waals surface area contributed by atoms with E-state index in [1.54, 1.807) is 0 Å². The minimum Gasteiger partial charge on any atom is -0.361 e. The molecule has 0 bridgehead atoms. The van der Waals surface area contributed by atoms with E-state index >= 15 is 0 Å². The number of allylic oxidation sites excluding steroid dienone is 1. The van der Waals surface area contributed by atoms with Gasteiger partial charge in [-0.1, -0.05) is 24.3 Å². The molecular formula is C18H26N4. The van der Waals surface area contributed by atoms with Crippen LogP contribution in [0.25, 0.3) is 10.9 Å². The molecule has 0 saturated heterocycles. The number of aromatic amines is 1. The molecule has 1 heterocycles. The number of nitrogens with one attached hydrogen (secondary N) is 2. The summed E-state index contributed by atoms with van der Waals surface area (Å²) in [6.45, 7) is 5.62. The van der Waals surface area contributed by atoms with Gasteiger partial charge in [0.05, 0.1) is 0 Å². The predicted octanol–water partition coefficient (Wildman–Crippen LogP) is 3.18. The molecule has 2 rings (SSSR count). The maximum Gasteiger partial charge on any atom is 0.193 e. The van der Waals surface area contributed by atoms with E-state index in [0.717, 1.165) is 38.3 Å². The van der Waals surface area contributed by atoms with Gasteiger partial charge in [-0.05, 0) is 30.9 Å². The molecule has 0 radical (unpaired) electrons. The molecule has 1 aromatic heterocycles. The van der Waals surface area contributed by atoms with Gasteiger partial charge in [0.1, 0.15) is 0 Å². The third-order valence-electron chi connectivity index (χ3n) is 3.83. The summed E-state index contributed by atoms with van der Waals surface area (Å²) in [7, 11) is 3.90. The van der Waals surface area contributed by atoms with Gasteiger partial charge in [-0.2, -0.15) is 0 Å². The van der Waals surface area contributed by atoms with E-state index in [1.165, 1.54) is 16.5 Å². The first-order chi connectivity index (χ1) is 10.8. The number of aliphatic imine (C=N–C) groups is 1. The third-order valence-corrected chi connectivity index (χ3v) is 3.83. The number of rotatable bonds is 7. The van der Waals surface area contributed by atoms with Crippen molar-refractivity contribution in [3.63, 3.8) is 0 Å². The van der Waals surface area contributed by atoms with E-state index in [1.807, 2.05) is 13.1 Å². The number of guanidine groups is 1. The fourth-order valence-corrected chi connectivity index (χ4v) is 2.61. The standard InChI is InChI=1S/C18H26N4/c1-4-5-8-13-22(3)18(19-2)20-12-11-15-14-21-17-10-7-6-9-16(15)17/h4,6-7,9-10,14,21H,1,5,8,11-13H2,2-3H3,(H,19,20). The summed E-state index contributed by atoms with van der Waals surface area (Å²) in [4.78, 5) is 9.83. The number of fused-ring (bicyclic) bond motifs is 1. The number of benzene rings is 1. The van der Waals surface area contributed by atoms with Crippen LogP contribution in [0.1, 0.15) is 18.4 Å². The van der Waals surface area contributed by atoms with E-state index in [2.05, 4.69) is 64.3 Å². The van der Waals surface area contributed by atoms with Crippen LogP contribution in [0.3, 0.4) is 0 Å². The van der Waals surface area contributed by atoms with Crippen molar-refractivity contribution >= 4 is 16.9 Å². The minimum absolute atomic E-state index is 0.875. The number of hydrogen-bond donors (Lipinski definition) is 2. The lowest BCUT2D eigenvalue weighted by molar-refractivity contribution is 0.470. The van der Waals surface area contributed by atoms with Crippen molar-refractivity contribution in [1.29, 1.82) is 0 Å². The van der Waals surface area contributed by atoms with Crippen LogP contribution in [-0.2, 0) is 6.42 Å². The fourth-order valence-electron chi connectivity index (χ4n) is 2.61. The minimum atomic E-state index is 0.875. The number of H-pyrrole nitrogens is 1. The van der Waals surface area contributed by atoms with Crippen LogP contribution in [0.4, 0.5) is 0 Å². The molecule has 0 saturated carbocycles. The Hall–Kier alpha value is -2.23. The molecule has 0 aliphatic carbocycles. The smallest absolute Gasteiger partial charge is 0.193 e. The van der Waals surface area contributed by atoms with Gasteiger partial charge < -0.3 is 15.2 Å². The number of nitrogens with zero attached hydrogens (tertiary/aromatic N) is 2. The topological polar surface area (TPSA) is 43.4 Å². The van der Waals surface area contributed by atoms with Crippen molar-refractivity contribution in [2.75, 3.05) is 27.2 Å². The first-order valence-corrected chi connectivity index (χ1v) is 7.84. The van der Waals surface area contributed by atoms with E-state index < -0.39 is 0 Å². The lowest BCUT2D eigenvalue weighted by atomic mass is 10.1. The zero-order chi connectivity index (χ0) is 15.8. The largest absolute Gasteiger partial charge is 0.361 e. The predicted molar refractivity (Wildman–Crippen MR) is 95.4 cm³/mol. The summed E-state index contributed by atoms with van der Waals surface area (Å²) in [5, 5.41) is 4.74. The van der Waals surface area contributed by atoms with Gasteiger partial charge in [0.25, 0.3) is 0 Å². The van der Waals surface area contributed by atoms with Crippen LogP contribution in [0.15, 0.2) is 48.1 Å². The normalized spacial score (nSPS) is 11.6. The molecule has 2 aromatic rings. The number of para-hydroxylation sites is 1. The van der Waals surface area contributed by atoms with Crippen molar-refractivity contribution in [1.82, 2.24) is 15.2 Å². The molecule has 0 atom stereocenters. The first-order valence-electron chi connectivity index (χ1n) is 7.84. The average molecular weight is 298 g/mol. The molecule has 0 unspecified atom stereocenters. The Morgan fingerprint density at radius 3 is 3.00 bits per heavy atom. The second kappa shape index (κ2) is 8.27. The molecule has 2 N–H and O–H groups in total. The van der Waals surface area contributed by atoms with Crippen LogP contribution in [-0.4, -0.2) is 43.0 Å². The Balaban J connectivity index is 1.85. The molecule has 0 fully saturated rings. The summed E-state index contributed by atoms with van der Waals surface area (Å²) in [6.07, 6.45) is 7.17. The van der Waals surface area contributed by atoms with Crippen LogP contribution in [0.5, 0.6) is 0 Å². The Labute approximate surface area is 132 Å². The summed E-state index contributed by atoms with van der Waals surface area (Å²) < 4.78 is 0. The Kier molecular flexibility index (Phi) is 6.07. The van der Waals surface area contributed by atoms with Gasteiger partial charge in [-0.15, -0.1) is 6.58 Å². The molecule has 0 spiro atoms. The maximum absolute atomic E-state index is 4.35. The van der Waals surface area contributed by atoms with E-state index in [-0.39, 0.29) is 0 Å². The molecule has 0 aliphatic heterocycles. The number of hydrogen-bond acceptors (Lipinski definition) is 1. The summed E-state index contributed by atoms with van der Waals surface area (Å²) in [5.74, 6) is 0.948. The number of aromatic nitrogens is 1. The van der Waals surface area contributed by atoms with Crippen LogP contribution < -0.4 is 5.32 Å². The molecule has 0 aliphatic rings. The van der Waals surface area contributed by atoms with Crippen LogP contribution in [0.2, 0.25) is 0 Å². The quantitative estimate of drug-likeness (QED) is 0.357. The lowest BCUT2D eigenvalue weighted by Gasteiger charge is -2.21. The van der Waals surface area contributed by atoms with Gasteiger partial charge >= 0.3 is 0 Å². The Morgan fingerprint density at radius 2 is 2.23 bits per heavy atom. The third kappa shape index (κ3) is 4.13. The maximum atomic E-state index is 4.35. The highest BCUT2D eigenvalue weighted by atomic mass is 15.3. The van der Waals surface area contributed by atoms with Gasteiger partial charge in [-0.3, -0.25) is 4.99 Å². The highest BCUT2D eigenvalue weighted by Crippen LogP contribution is 2.17. The summed E-state index contributed by atoms with van der Waals surface area (Å²) >= 11 is 0. The van der Waals surface area contributed by atoms with Crippen molar-refractivity contribution < 1.29 is 0 Å². The molecule has 4 heteroatoms. The SMILES string of the molecule is C=CCCCN(C)C(=NC)NCCc1c[nH]c2ccccc12. The molecule has 0 amide bonds. The average Bonchev–Trinajstić information content (AvgIpc) is 2.95. The van der Waals surface area contributed by atoms with E-state index in [9.17, 15) is 0 Å².